The predicted molar refractivity (Wildman–Crippen MR) is 139 cm³/mol. The van der Waals surface area contributed by atoms with Crippen LogP contribution in [-0.2, 0) is 17.8 Å². The molecule has 5 nitrogen and oxygen atoms in total. The SMILES string of the molecule is CCc1ccc(N[C@H]2NC(=O)/C(=C/c3cn(Cc4ccccc4C#N)c4ccccc34)S2)cc1. The van der Waals surface area contributed by atoms with Gasteiger partial charge in [-0.2, -0.15) is 5.26 Å². The molecule has 5 rings (SSSR count). The molecule has 0 spiro atoms. The summed E-state index contributed by atoms with van der Waals surface area (Å²) in [5.74, 6) is -0.0839. The van der Waals surface area contributed by atoms with Crippen molar-refractivity contribution >= 4 is 40.3 Å². The number of amides is 1. The standard InChI is InChI=1S/C28H24N4OS/c1-2-19-11-13-23(14-12-19)30-28-31-27(33)26(34-28)15-22-18-32(25-10-6-5-9-24(22)25)17-21-8-4-3-7-20(21)16-29/h3-15,18,28,30H,2,17H2,1H3,(H,31,33)/b26-15-/t28-/m0/s1. The van der Waals surface area contributed by atoms with Crippen LogP contribution in [0.25, 0.3) is 17.0 Å². The van der Waals surface area contributed by atoms with Crippen molar-refractivity contribution in [3.05, 3.63) is 106 Å². The van der Waals surface area contributed by atoms with Crippen LogP contribution in [0.1, 0.15) is 29.2 Å². The van der Waals surface area contributed by atoms with Crippen molar-refractivity contribution < 1.29 is 4.79 Å². The van der Waals surface area contributed by atoms with Gasteiger partial charge in [-0.05, 0) is 47.9 Å². The molecule has 3 aromatic carbocycles. The summed E-state index contributed by atoms with van der Waals surface area (Å²) >= 11 is 1.48. The van der Waals surface area contributed by atoms with E-state index in [0.717, 1.165) is 34.1 Å². The van der Waals surface area contributed by atoms with Crippen LogP contribution < -0.4 is 10.6 Å². The van der Waals surface area contributed by atoms with E-state index in [9.17, 15) is 10.1 Å². The Bertz CT molecular complexity index is 1430. The summed E-state index contributed by atoms with van der Waals surface area (Å²) in [5.41, 5.74) is 5.73. The fourth-order valence-corrected chi connectivity index (χ4v) is 5.14. The summed E-state index contributed by atoms with van der Waals surface area (Å²) in [6, 6.07) is 26.4. The number of carbonyl (C=O) groups is 1. The Labute approximate surface area is 203 Å². The Morgan fingerprint density at radius 3 is 2.65 bits per heavy atom. The summed E-state index contributed by atoms with van der Waals surface area (Å²) in [4.78, 5) is 13.4. The van der Waals surface area contributed by atoms with Gasteiger partial charge in [0.1, 0.15) is 0 Å². The molecule has 4 aromatic rings. The lowest BCUT2D eigenvalue weighted by atomic mass is 10.1. The molecule has 0 aliphatic carbocycles. The summed E-state index contributed by atoms with van der Waals surface area (Å²) in [6.45, 7) is 2.72. The molecule has 1 saturated heterocycles. The molecule has 6 heteroatoms. The van der Waals surface area contributed by atoms with Gasteiger partial charge in [-0.3, -0.25) is 4.79 Å². The van der Waals surface area contributed by atoms with Gasteiger partial charge in [0.15, 0.2) is 5.50 Å². The molecule has 0 saturated carbocycles. The molecule has 1 fully saturated rings. The van der Waals surface area contributed by atoms with Crippen LogP contribution in [0.5, 0.6) is 0 Å². The van der Waals surface area contributed by atoms with E-state index in [2.05, 4.69) is 58.7 Å². The molecule has 1 atom stereocenters. The van der Waals surface area contributed by atoms with E-state index < -0.39 is 0 Å². The number of anilines is 1. The third-order valence-electron chi connectivity index (χ3n) is 5.98. The van der Waals surface area contributed by atoms with Crippen LogP contribution in [0, 0.1) is 11.3 Å². The lowest BCUT2D eigenvalue weighted by Gasteiger charge is -2.12. The van der Waals surface area contributed by atoms with E-state index in [1.807, 2.05) is 54.6 Å². The van der Waals surface area contributed by atoms with E-state index in [4.69, 9.17) is 0 Å². The highest BCUT2D eigenvalue weighted by Crippen LogP contribution is 2.33. The number of nitriles is 1. The molecule has 1 amide bonds. The first kappa shape index (κ1) is 21.9. The quantitative estimate of drug-likeness (QED) is 0.358. The molecule has 168 valence electrons. The maximum absolute atomic E-state index is 12.7. The van der Waals surface area contributed by atoms with E-state index in [-0.39, 0.29) is 11.4 Å². The Hall–Kier alpha value is -3.95. The van der Waals surface area contributed by atoms with Crippen molar-refractivity contribution in [1.29, 1.82) is 5.26 Å². The molecule has 1 aliphatic rings. The number of rotatable bonds is 6. The van der Waals surface area contributed by atoms with Gasteiger partial charge in [-0.25, -0.2) is 0 Å². The minimum absolute atomic E-state index is 0.0839. The molecule has 2 heterocycles. The van der Waals surface area contributed by atoms with Crippen LogP contribution >= 0.6 is 11.8 Å². The van der Waals surface area contributed by atoms with E-state index in [0.29, 0.717) is 17.0 Å². The first-order valence-electron chi connectivity index (χ1n) is 11.2. The van der Waals surface area contributed by atoms with Crippen molar-refractivity contribution in [2.75, 3.05) is 5.32 Å². The lowest BCUT2D eigenvalue weighted by molar-refractivity contribution is -0.116. The number of hydrogen-bond acceptors (Lipinski definition) is 4. The Balaban J connectivity index is 1.41. The van der Waals surface area contributed by atoms with Crippen molar-refractivity contribution in [3.63, 3.8) is 0 Å². The lowest BCUT2D eigenvalue weighted by Crippen LogP contribution is -2.30. The average molecular weight is 465 g/mol. The first-order valence-corrected chi connectivity index (χ1v) is 12.1. The van der Waals surface area contributed by atoms with E-state index in [1.165, 1.54) is 17.3 Å². The zero-order valence-electron chi connectivity index (χ0n) is 18.8. The highest BCUT2D eigenvalue weighted by atomic mass is 32.2. The number of para-hydroxylation sites is 1. The normalized spacial score (nSPS) is 16.5. The number of benzene rings is 3. The first-order chi connectivity index (χ1) is 16.6. The van der Waals surface area contributed by atoms with Gasteiger partial charge >= 0.3 is 0 Å². The monoisotopic (exact) mass is 464 g/mol. The molecule has 1 aromatic heterocycles. The minimum Gasteiger partial charge on any atom is -0.357 e. The molecular weight excluding hydrogens is 440 g/mol. The number of carbonyl (C=O) groups excluding carboxylic acids is 1. The zero-order valence-corrected chi connectivity index (χ0v) is 19.6. The molecule has 2 N–H and O–H groups in total. The highest BCUT2D eigenvalue weighted by molar-refractivity contribution is 8.05. The summed E-state index contributed by atoms with van der Waals surface area (Å²) < 4.78 is 2.14. The molecular formula is C28H24N4OS. The number of aryl methyl sites for hydroxylation is 1. The smallest absolute Gasteiger partial charge is 0.260 e. The van der Waals surface area contributed by atoms with E-state index in [1.54, 1.807) is 0 Å². The van der Waals surface area contributed by atoms with Crippen molar-refractivity contribution in [2.45, 2.75) is 25.4 Å². The second-order valence-corrected chi connectivity index (χ2v) is 9.32. The van der Waals surface area contributed by atoms with Crippen LogP contribution in [0.4, 0.5) is 5.69 Å². The van der Waals surface area contributed by atoms with Crippen molar-refractivity contribution in [3.8, 4) is 6.07 Å². The summed E-state index contributed by atoms with van der Waals surface area (Å²) in [7, 11) is 0. The Kier molecular flexibility index (Phi) is 6.11. The third kappa shape index (κ3) is 4.43. The Morgan fingerprint density at radius 1 is 1.09 bits per heavy atom. The molecule has 34 heavy (non-hydrogen) atoms. The number of hydrogen-bond donors (Lipinski definition) is 2. The van der Waals surface area contributed by atoms with E-state index >= 15 is 0 Å². The average Bonchev–Trinajstić information content (AvgIpc) is 3.39. The number of thioether (sulfide) groups is 1. The highest BCUT2D eigenvalue weighted by Gasteiger charge is 2.27. The van der Waals surface area contributed by atoms with Crippen molar-refractivity contribution in [1.82, 2.24) is 9.88 Å². The predicted octanol–water partition coefficient (Wildman–Crippen LogP) is 5.72. The van der Waals surface area contributed by atoms with Gasteiger partial charge in [0.25, 0.3) is 5.91 Å². The largest absolute Gasteiger partial charge is 0.357 e. The minimum atomic E-state index is -0.220. The van der Waals surface area contributed by atoms with Crippen LogP contribution in [0.2, 0.25) is 0 Å². The van der Waals surface area contributed by atoms with Crippen LogP contribution in [-0.4, -0.2) is 16.0 Å². The van der Waals surface area contributed by atoms with Gasteiger partial charge in [-0.1, -0.05) is 67.2 Å². The maximum Gasteiger partial charge on any atom is 0.260 e. The molecule has 1 aliphatic heterocycles. The van der Waals surface area contributed by atoms with Gasteiger partial charge in [0, 0.05) is 34.9 Å². The Morgan fingerprint density at radius 2 is 1.85 bits per heavy atom. The number of nitrogens with zero attached hydrogens (tertiary/aromatic N) is 2. The number of fused-ring (bicyclic) bond motifs is 1. The second kappa shape index (κ2) is 9.50. The third-order valence-corrected chi connectivity index (χ3v) is 7.00. The summed E-state index contributed by atoms with van der Waals surface area (Å²) in [6.07, 6.45) is 5.01. The zero-order chi connectivity index (χ0) is 23.5. The molecule has 0 radical (unpaired) electrons. The van der Waals surface area contributed by atoms with Crippen LogP contribution in [0.3, 0.4) is 0 Å². The van der Waals surface area contributed by atoms with Crippen molar-refractivity contribution in [2.24, 2.45) is 0 Å². The molecule has 0 bridgehead atoms. The van der Waals surface area contributed by atoms with Gasteiger partial charge < -0.3 is 15.2 Å². The number of aromatic nitrogens is 1. The molecule has 0 unspecified atom stereocenters. The van der Waals surface area contributed by atoms with Gasteiger partial charge in [0.05, 0.1) is 16.5 Å². The van der Waals surface area contributed by atoms with Crippen LogP contribution in [0.15, 0.2) is 83.9 Å². The topological polar surface area (TPSA) is 69.8 Å². The van der Waals surface area contributed by atoms with Gasteiger partial charge in [-0.15, -0.1) is 0 Å². The maximum atomic E-state index is 12.7. The fourth-order valence-electron chi connectivity index (χ4n) is 4.17. The second-order valence-electron chi connectivity index (χ2n) is 8.17. The van der Waals surface area contributed by atoms with Gasteiger partial charge in [0.2, 0.25) is 0 Å². The number of nitrogens with one attached hydrogen (secondary N) is 2. The fraction of sp³-hybridized carbons (Fsp3) is 0.143. The summed E-state index contributed by atoms with van der Waals surface area (Å²) in [5, 5.41) is 16.9.